The summed E-state index contributed by atoms with van der Waals surface area (Å²) in [4.78, 5) is 36.0. The predicted octanol–water partition coefficient (Wildman–Crippen LogP) is 2.87. The summed E-state index contributed by atoms with van der Waals surface area (Å²) in [6, 6.07) is 12.9. The average molecular weight is 341 g/mol. The van der Waals surface area contributed by atoms with Crippen LogP contribution < -0.4 is 5.32 Å². The quantitative estimate of drug-likeness (QED) is 0.646. The lowest BCUT2D eigenvalue weighted by Crippen LogP contribution is -2.35. The number of carbonyl (C=O) groups excluding carboxylic acids is 2. The van der Waals surface area contributed by atoms with Crippen LogP contribution in [0, 0.1) is 10.1 Å². The van der Waals surface area contributed by atoms with E-state index in [0.29, 0.717) is 5.69 Å². The molecule has 0 aromatic heterocycles. The zero-order valence-corrected chi connectivity index (χ0v) is 14.1. The fourth-order valence-electron chi connectivity index (χ4n) is 2.40. The van der Waals surface area contributed by atoms with E-state index in [9.17, 15) is 19.7 Å². The summed E-state index contributed by atoms with van der Waals surface area (Å²) in [5.74, 6) is -0.787. The predicted molar refractivity (Wildman–Crippen MR) is 94.5 cm³/mol. The lowest BCUT2D eigenvalue weighted by molar-refractivity contribution is -0.384. The minimum Gasteiger partial charge on any atom is -0.332 e. The second kappa shape index (κ2) is 8.05. The van der Waals surface area contributed by atoms with Gasteiger partial charge in [0, 0.05) is 30.4 Å². The Kier molecular flexibility index (Phi) is 5.84. The monoisotopic (exact) mass is 341 g/mol. The lowest BCUT2D eigenvalue weighted by Gasteiger charge is -2.17. The molecule has 0 bridgehead atoms. The maximum Gasteiger partial charge on any atom is 0.270 e. The summed E-state index contributed by atoms with van der Waals surface area (Å²) in [5.41, 5.74) is 1.72. The number of para-hydroxylation sites is 1. The molecule has 0 saturated carbocycles. The molecule has 0 aliphatic heterocycles. The van der Waals surface area contributed by atoms with Gasteiger partial charge in [0.05, 0.1) is 11.5 Å². The molecule has 130 valence electrons. The molecular formula is C18H19N3O4. The Balaban J connectivity index is 2.04. The largest absolute Gasteiger partial charge is 0.332 e. The van der Waals surface area contributed by atoms with E-state index in [1.54, 1.807) is 6.07 Å². The topological polar surface area (TPSA) is 92.6 Å². The van der Waals surface area contributed by atoms with E-state index in [2.05, 4.69) is 5.32 Å². The zero-order valence-electron chi connectivity index (χ0n) is 14.1. The van der Waals surface area contributed by atoms with Crippen molar-refractivity contribution in [2.45, 2.75) is 13.3 Å². The molecule has 25 heavy (non-hydrogen) atoms. The molecule has 2 rings (SSSR count). The van der Waals surface area contributed by atoms with Crippen LogP contribution in [0.25, 0.3) is 0 Å². The summed E-state index contributed by atoms with van der Waals surface area (Å²) in [6.45, 7) is 1.84. The molecule has 2 aromatic rings. The van der Waals surface area contributed by atoms with Gasteiger partial charge < -0.3 is 10.2 Å². The van der Waals surface area contributed by atoms with Gasteiger partial charge in [0.1, 0.15) is 0 Å². The molecule has 0 aliphatic carbocycles. The second-order valence-electron chi connectivity index (χ2n) is 5.53. The Morgan fingerprint density at radius 1 is 1.16 bits per heavy atom. The minimum atomic E-state index is -0.564. The Labute approximate surface area is 145 Å². The van der Waals surface area contributed by atoms with Crippen LogP contribution in [0.5, 0.6) is 0 Å². The van der Waals surface area contributed by atoms with Crippen LogP contribution in [0.4, 0.5) is 11.4 Å². The number of anilines is 1. The van der Waals surface area contributed by atoms with Gasteiger partial charge in [-0.3, -0.25) is 19.7 Å². The van der Waals surface area contributed by atoms with Crippen molar-refractivity contribution in [1.29, 1.82) is 0 Å². The Hall–Kier alpha value is -3.22. The number of likely N-dealkylation sites (N-methyl/N-ethyl adjacent to an activating group) is 1. The third-order valence-electron chi connectivity index (χ3n) is 3.70. The number of benzene rings is 2. The average Bonchev–Trinajstić information content (AvgIpc) is 2.61. The zero-order chi connectivity index (χ0) is 18.4. The first-order valence-electron chi connectivity index (χ1n) is 7.80. The van der Waals surface area contributed by atoms with E-state index >= 15 is 0 Å². The van der Waals surface area contributed by atoms with Crippen molar-refractivity contribution in [3.05, 3.63) is 69.8 Å². The highest BCUT2D eigenvalue weighted by atomic mass is 16.6. The van der Waals surface area contributed by atoms with E-state index in [-0.39, 0.29) is 23.7 Å². The van der Waals surface area contributed by atoms with Gasteiger partial charge in [-0.05, 0) is 24.1 Å². The fourth-order valence-corrected chi connectivity index (χ4v) is 2.40. The van der Waals surface area contributed by atoms with Crippen LogP contribution in [0.15, 0.2) is 48.5 Å². The summed E-state index contributed by atoms with van der Waals surface area (Å²) >= 11 is 0. The number of nitro benzene ring substituents is 1. The van der Waals surface area contributed by atoms with E-state index in [1.165, 1.54) is 36.2 Å². The molecule has 0 heterocycles. The highest BCUT2D eigenvalue weighted by Crippen LogP contribution is 2.16. The molecule has 0 radical (unpaired) electrons. The minimum absolute atomic E-state index is 0.153. The van der Waals surface area contributed by atoms with Crippen LogP contribution in [-0.2, 0) is 11.2 Å². The number of carbonyl (C=O) groups is 2. The number of hydrogen-bond donors (Lipinski definition) is 1. The SMILES string of the molecule is CCc1ccccc1NC(=O)CN(C)C(=O)c1cccc([N+](=O)[O-])c1. The molecule has 0 aliphatic rings. The van der Waals surface area contributed by atoms with Crippen molar-refractivity contribution in [2.75, 3.05) is 18.9 Å². The van der Waals surface area contributed by atoms with Crippen molar-refractivity contribution in [1.82, 2.24) is 4.90 Å². The molecular weight excluding hydrogens is 322 g/mol. The number of non-ortho nitro benzene ring substituents is 1. The fraction of sp³-hybridized carbons (Fsp3) is 0.222. The van der Waals surface area contributed by atoms with Crippen LogP contribution in [0.1, 0.15) is 22.8 Å². The second-order valence-corrected chi connectivity index (χ2v) is 5.53. The van der Waals surface area contributed by atoms with E-state index < -0.39 is 10.8 Å². The van der Waals surface area contributed by atoms with Gasteiger partial charge in [0.15, 0.2) is 0 Å². The highest BCUT2D eigenvalue weighted by molar-refractivity contribution is 5.99. The third-order valence-corrected chi connectivity index (χ3v) is 3.70. The van der Waals surface area contributed by atoms with Crippen molar-refractivity contribution >= 4 is 23.2 Å². The molecule has 1 N–H and O–H groups in total. The molecule has 7 nitrogen and oxygen atoms in total. The van der Waals surface area contributed by atoms with Crippen LogP contribution >= 0.6 is 0 Å². The molecule has 0 spiro atoms. The normalized spacial score (nSPS) is 10.2. The van der Waals surface area contributed by atoms with Gasteiger partial charge in [-0.25, -0.2) is 0 Å². The third kappa shape index (κ3) is 4.63. The van der Waals surface area contributed by atoms with Crippen LogP contribution in [-0.4, -0.2) is 35.2 Å². The summed E-state index contributed by atoms with van der Waals surface area (Å²) in [5, 5.41) is 13.6. The van der Waals surface area contributed by atoms with E-state index in [1.807, 2.05) is 25.1 Å². The summed E-state index contributed by atoms with van der Waals surface area (Å²) in [6.07, 6.45) is 0.777. The summed E-state index contributed by atoms with van der Waals surface area (Å²) < 4.78 is 0. The lowest BCUT2D eigenvalue weighted by atomic mass is 10.1. The van der Waals surface area contributed by atoms with Gasteiger partial charge in [0.25, 0.3) is 11.6 Å². The number of amides is 2. The number of nitrogens with zero attached hydrogens (tertiary/aromatic N) is 2. The Morgan fingerprint density at radius 3 is 2.56 bits per heavy atom. The first kappa shape index (κ1) is 18.1. The Bertz CT molecular complexity index is 804. The van der Waals surface area contributed by atoms with Gasteiger partial charge in [-0.1, -0.05) is 31.2 Å². The van der Waals surface area contributed by atoms with Gasteiger partial charge in [-0.2, -0.15) is 0 Å². The van der Waals surface area contributed by atoms with E-state index in [4.69, 9.17) is 0 Å². The highest BCUT2D eigenvalue weighted by Gasteiger charge is 2.18. The number of hydrogen-bond acceptors (Lipinski definition) is 4. The van der Waals surface area contributed by atoms with E-state index in [0.717, 1.165) is 12.0 Å². The van der Waals surface area contributed by atoms with Crippen molar-refractivity contribution in [2.24, 2.45) is 0 Å². The first-order chi connectivity index (χ1) is 11.9. The van der Waals surface area contributed by atoms with Gasteiger partial charge >= 0.3 is 0 Å². The van der Waals surface area contributed by atoms with Crippen LogP contribution in [0.2, 0.25) is 0 Å². The molecule has 0 fully saturated rings. The molecule has 0 saturated heterocycles. The molecule has 2 aromatic carbocycles. The van der Waals surface area contributed by atoms with Crippen molar-refractivity contribution in [3.63, 3.8) is 0 Å². The molecule has 2 amide bonds. The maximum atomic E-state index is 12.4. The summed E-state index contributed by atoms with van der Waals surface area (Å²) in [7, 11) is 1.48. The standard InChI is InChI=1S/C18H19N3O4/c1-3-13-7-4-5-10-16(13)19-17(22)12-20(2)18(23)14-8-6-9-15(11-14)21(24)25/h4-11H,3,12H2,1-2H3,(H,19,22). The molecule has 0 unspecified atom stereocenters. The first-order valence-corrected chi connectivity index (χ1v) is 7.80. The van der Waals surface area contributed by atoms with Crippen LogP contribution in [0.3, 0.4) is 0 Å². The maximum absolute atomic E-state index is 12.4. The van der Waals surface area contributed by atoms with Crippen molar-refractivity contribution in [3.8, 4) is 0 Å². The number of rotatable bonds is 6. The number of nitro groups is 1. The number of aryl methyl sites for hydroxylation is 1. The smallest absolute Gasteiger partial charge is 0.270 e. The molecule has 0 atom stereocenters. The van der Waals surface area contributed by atoms with Gasteiger partial charge in [0.2, 0.25) is 5.91 Å². The van der Waals surface area contributed by atoms with Gasteiger partial charge in [-0.15, -0.1) is 0 Å². The molecule has 7 heteroatoms. The Morgan fingerprint density at radius 2 is 1.88 bits per heavy atom. The number of nitrogens with one attached hydrogen (secondary N) is 1. The van der Waals surface area contributed by atoms with Crippen molar-refractivity contribution < 1.29 is 14.5 Å².